The van der Waals surface area contributed by atoms with Crippen LogP contribution in [0.1, 0.15) is 42.0 Å². The molecule has 1 aliphatic rings. The van der Waals surface area contributed by atoms with Crippen LogP contribution in [0.15, 0.2) is 48.5 Å². The van der Waals surface area contributed by atoms with Crippen molar-refractivity contribution in [2.75, 3.05) is 0 Å². The maximum absolute atomic E-state index is 2.32. The number of aryl methyl sites for hydroxylation is 2. The average molecular weight is 250 g/mol. The van der Waals surface area contributed by atoms with Crippen LogP contribution in [-0.4, -0.2) is 0 Å². The monoisotopic (exact) mass is 250 g/mol. The minimum Gasteiger partial charge on any atom is -0.0651 e. The lowest BCUT2D eigenvalue weighted by atomic mass is 9.84. The van der Waals surface area contributed by atoms with Crippen LogP contribution in [0.2, 0.25) is 0 Å². The molecule has 0 aliphatic heterocycles. The molecular formula is C19H22. The Balaban J connectivity index is 2.05. The molecular weight excluding hydrogens is 228 g/mol. The Morgan fingerprint density at radius 1 is 0.842 bits per heavy atom. The van der Waals surface area contributed by atoms with Gasteiger partial charge in [-0.15, -0.1) is 0 Å². The summed E-state index contributed by atoms with van der Waals surface area (Å²) in [5.41, 5.74) is 5.96. The van der Waals surface area contributed by atoms with Crippen LogP contribution < -0.4 is 0 Å². The topological polar surface area (TPSA) is 0 Å². The summed E-state index contributed by atoms with van der Waals surface area (Å²) < 4.78 is 0. The highest BCUT2D eigenvalue weighted by Gasteiger charge is 2.54. The molecule has 0 heterocycles. The average Bonchev–Trinajstić information content (AvgIpc) is 3.16. The van der Waals surface area contributed by atoms with Crippen LogP contribution >= 0.6 is 0 Å². The molecule has 0 aromatic heterocycles. The highest BCUT2D eigenvalue weighted by molar-refractivity contribution is 5.48. The van der Waals surface area contributed by atoms with Crippen molar-refractivity contribution < 1.29 is 0 Å². The predicted molar refractivity (Wildman–Crippen MR) is 81.5 cm³/mol. The van der Waals surface area contributed by atoms with Gasteiger partial charge in [0.2, 0.25) is 0 Å². The lowest BCUT2D eigenvalue weighted by molar-refractivity contribution is 0.675. The van der Waals surface area contributed by atoms with Crippen molar-refractivity contribution >= 4 is 0 Å². The second kappa shape index (κ2) is 4.52. The maximum atomic E-state index is 2.32. The minimum atomic E-state index is 0.288. The Bertz CT molecular complexity index is 514. The summed E-state index contributed by atoms with van der Waals surface area (Å²) in [7, 11) is 0. The molecule has 19 heavy (non-hydrogen) atoms. The summed E-state index contributed by atoms with van der Waals surface area (Å²) in [5.74, 6) is 0.804. The standard InChI is InChI=1S/C19H22/c1-4-16-13-19(16,17-9-5-14(2)6-10-17)18-11-7-15(3)8-12-18/h5-12,16H,4,13H2,1-3H3. The van der Waals surface area contributed by atoms with Gasteiger partial charge in [0.1, 0.15) is 0 Å². The van der Waals surface area contributed by atoms with E-state index in [1.54, 1.807) is 0 Å². The molecule has 2 aromatic rings. The van der Waals surface area contributed by atoms with Crippen LogP contribution in [0.3, 0.4) is 0 Å². The van der Waals surface area contributed by atoms with Gasteiger partial charge in [-0.3, -0.25) is 0 Å². The van der Waals surface area contributed by atoms with Gasteiger partial charge in [0, 0.05) is 5.41 Å². The Hall–Kier alpha value is -1.56. The van der Waals surface area contributed by atoms with Gasteiger partial charge in [0.25, 0.3) is 0 Å². The lowest BCUT2D eigenvalue weighted by Gasteiger charge is -2.19. The van der Waals surface area contributed by atoms with E-state index in [0.717, 1.165) is 5.92 Å². The first-order valence-electron chi connectivity index (χ1n) is 7.31. The molecule has 0 saturated heterocycles. The van der Waals surface area contributed by atoms with Gasteiger partial charge >= 0.3 is 0 Å². The maximum Gasteiger partial charge on any atom is 0.0234 e. The van der Waals surface area contributed by atoms with E-state index in [1.807, 2.05) is 0 Å². The second-order valence-corrected chi connectivity index (χ2v) is 6.01. The third kappa shape index (κ3) is 2.00. The molecule has 98 valence electrons. The number of rotatable bonds is 3. The van der Waals surface area contributed by atoms with Crippen LogP contribution in [0.5, 0.6) is 0 Å². The lowest BCUT2D eigenvalue weighted by Crippen LogP contribution is -2.12. The minimum absolute atomic E-state index is 0.288. The molecule has 0 N–H and O–H groups in total. The molecule has 0 radical (unpaired) electrons. The van der Waals surface area contributed by atoms with Crippen LogP contribution in [-0.2, 0) is 5.41 Å². The second-order valence-electron chi connectivity index (χ2n) is 6.01. The van der Waals surface area contributed by atoms with Crippen molar-refractivity contribution in [2.24, 2.45) is 5.92 Å². The van der Waals surface area contributed by atoms with Gasteiger partial charge in [0.15, 0.2) is 0 Å². The first-order chi connectivity index (χ1) is 9.16. The van der Waals surface area contributed by atoms with Gasteiger partial charge in [-0.1, -0.05) is 73.0 Å². The molecule has 0 heteroatoms. The van der Waals surface area contributed by atoms with E-state index in [0.29, 0.717) is 0 Å². The molecule has 1 aliphatic carbocycles. The van der Waals surface area contributed by atoms with Crippen LogP contribution in [0.25, 0.3) is 0 Å². The fourth-order valence-corrected chi connectivity index (χ4v) is 3.40. The Morgan fingerprint density at radius 2 is 1.26 bits per heavy atom. The Morgan fingerprint density at radius 3 is 1.58 bits per heavy atom. The third-order valence-corrected chi connectivity index (χ3v) is 4.73. The van der Waals surface area contributed by atoms with E-state index in [2.05, 4.69) is 69.3 Å². The van der Waals surface area contributed by atoms with Gasteiger partial charge in [0.05, 0.1) is 0 Å². The van der Waals surface area contributed by atoms with Crippen molar-refractivity contribution in [2.45, 2.75) is 39.0 Å². The summed E-state index contributed by atoms with van der Waals surface area (Å²) in [5, 5.41) is 0. The molecule has 1 unspecified atom stereocenters. The van der Waals surface area contributed by atoms with Crippen molar-refractivity contribution in [1.82, 2.24) is 0 Å². The third-order valence-electron chi connectivity index (χ3n) is 4.73. The molecule has 0 bridgehead atoms. The number of hydrogen-bond acceptors (Lipinski definition) is 0. The largest absolute Gasteiger partial charge is 0.0651 e. The molecule has 0 nitrogen and oxygen atoms in total. The Labute approximate surface area is 116 Å². The molecule has 1 fully saturated rings. The molecule has 1 saturated carbocycles. The first kappa shape index (κ1) is 12.5. The van der Waals surface area contributed by atoms with E-state index in [-0.39, 0.29) is 5.41 Å². The van der Waals surface area contributed by atoms with Gasteiger partial charge in [-0.25, -0.2) is 0 Å². The number of hydrogen-bond donors (Lipinski definition) is 0. The van der Waals surface area contributed by atoms with Gasteiger partial charge in [-0.05, 0) is 37.3 Å². The SMILES string of the molecule is CCC1CC1(c1ccc(C)cc1)c1ccc(C)cc1. The predicted octanol–water partition coefficient (Wildman–Crippen LogP) is 5.02. The van der Waals surface area contributed by atoms with Gasteiger partial charge < -0.3 is 0 Å². The van der Waals surface area contributed by atoms with Crippen LogP contribution in [0.4, 0.5) is 0 Å². The summed E-state index contributed by atoms with van der Waals surface area (Å²) in [4.78, 5) is 0. The smallest absolute Gasteiger partial charge is 0.0234 e. The normalized spacial score (nSPS) is 20.3. The number of benzene rings is 2. The van der Waals surface area contributed by atoms with E-state index >= 15 is 0 Å². The highest BCUT2D eigenvalue weighted by Crippen LogP contribution is 2.60. The zero-order valence-electron chi connectivity index (χ0n) is 12.1. The fourth-order valence-electron chi connectivity index (χ4n) is 3.40. The van der Waals surface area contributed by atoms with Crippen molar-refractivity contribution in [3.63, 3.8) is 0 Å². The van der Waals surface area contributed by atoms with Crippen LogP contribution in [0, 0.1) is 19.8 Å². The summed E-state index contributed by atoms with van der Waals surface area (Å²) in [6.07, 6.45) is 2.57. The van der Waals surface area contributed by atoms with Crippen molar-refractivity contribution in [3.05, 3.63) is 70.8 Å². The van der Waals surface area contributed by atoms with Gasteiger partial charge in [-0.2, -0.15) is 0 Å². The molecule has 1 atom stereocenters. The molecule has 3 rings (SSSR count). The summed E-state index contributed by atoms with van der Waals surface area (Å²) >= 11 is 0. The fraction of sp³-hybridized carbons (Fsp3) is 0.368. The highest BCUT2D eigenvalue weighted by atomic mass is 14.6. The summed E-state index contributed by atoms with van der Waals surface area (Å²) in [6.45, 7) is 6.63. The first-order valence-corrected chi connectivity index (χ1v) is 7.31. The van der Waals surface area contributed by atoms with Crippen molar-refractivity contribution in [3.8, 4) is 0 Å². The molecule has 2 aromatic carbocycles. The van der Waals surface area contributed by atoms with E-state index in [4.69, 9.17) is 0 Å². The van der Waals surface area contributed by atoms with E-state index in [9.17, 15) is 0 Å². The quantitative estimate of drug-likeness (QED) is 0.717. The van der Waals surface area contributed by atoms with E-state index < -0.39 is 0 Å². The zero-order chi connectivity index (χ0) is 13.5. The molecule has 0 spiro atoms. The molecule has 0 amide bonds. The van der Waals surface area contributed by atoms with E-state index in [1.165, 1.54) is 35.1 Å². The zero-order valence-corrected chi connectivity index (χ0v) is 12.1. The Kier molecular flexibility index (Phi) is 2.97. The van der Waals surface area contributed by atoms with Crippen molar-refractivity contribution in [1.29, 1.82) is 0 Å². The summed E-state index contributed by atoms with van der Waals surface area (Å²) in [6, 6.07) is 18.3.